The van der Waals surface area contributed by atoms with Gasteiger partial charge in [-0.25, -0.2) is 4.98 Å². The van der Waals surface area contributed by atoms with Crippen LogP contribution >= 0.6 is 0 Å². The van der Waals surface area contributed by atoms with E-state index in [2.05, 4.69) is 199 Å². The second-order valence-corrected chi connectivity index (χ2v) is 13.5. The molecular formula is C51H34N2. The molecule has 0 amide bonds. The maximum absolute atomic E-state index is 4.87. The summed E-state index contributed by atoms with van der Waals surface area (Å²) in [7, 11) is 0. The lowest BCUT2D eigenvalue weighted by Crippen LogP contribution is -2.12. The van der Waals surface area contributed by atoms with Gasteiger partial charge in [0, 0.05) is 17.3 Å². The zero-order valence-corrected chi connectivity index (χ0v) is 29.0. The fourth-order valence-corrected chi connectivity index (χ4v) is 8.11. The first kappa shape index (κ1) is 30.8. The van der Waals surface area contributed by atoms with Gasteiger partial charge < -0.3 is 0 Å². The van der Waals surface area contributed by atoms with Crippen molar-refractivity contribution < 1.29 is 0 Å². The number of benzene rings is 9. The highest BCUT2D eigenvalue weighted by Gasteiger charge is 2.20. The Morgan fingerprint density at radius 2 is 0.849 bits per heavy atom. The fourth-order valence-electron chi connectivity index (χ4n) is 8.11. The van der Waals surface area contributed by atoms with Gasteiger partial charge in [0.2, 0.25) is 0 Å². The van der Waals surface area contributed by atoms with Crippen molar-refractivity contribution in [2.45, 2.75) is 0 Å². The van der Waals surface area contributed by atoms with E-state index in [1.807, 2.05) is 12.3 Å². The van der Waals surface area contributed by atoms with Crippen LogP contribution in [0.5, 0.6) is 0 Å². The van der Waals surface area contributed by atoms with E-state index < -0.39 is 0 Å². The maximum atomic E-state index is 4.87. The summed E-state index contributed by atoms with van der Waals surface area (Å²) in [5.74, 6) is 0.874. The third kappa shape index (κ3) is 5.32. The lowest BCUT2D eigenvalue weighted by Gasteiger charge is -2.27. The summed E-state index contributed by atoms with van der Waals surface area (Å²) in [5.41, 5.74) is 9.48. The minimum atomic E-state index is 0.874. The Balaban J connectivity index is 1.16. The second kappa shape index (κ2) is 12.9. The largest absolute Gasteiger partial charge is 0.294 e. The maximum Gasteiger partial charge on any atom is 0.137 e. The molecule has 0 saturated carbocycles. The van der Waals surface area contributed by atoms with E-state index in [0.29, 0.717) is 0 Å². The molecule has 1 heterocycles. The molecule has 0 fully saturated rings. The predicted molar refractivity (Wildman–Crippen MR) is 225 cm³/mol. The normalized spacial score (nSPS) is 11.4. The number of pyridine rings is 1. The van der Waals surface area contributed by atoms with E-state index in [1.165, 1.54) is 76.5 Å². The molecule has 0 spiro atoms. The van der Waals surface area contributed by atoms with Gasteiger partial charge >= 0.3 is 0 Å². The van der Waals surface area contributed by atoms with Crippen molar-refractivity contribution in [3.8, 4) is 33.4 Å². The number of hydrogen-bond acceptors (Lipinski definition) is 2. The van der Waals surface area contributed by atoms with Crippen LogP contribution in [0.2, 0.25) is 0 Å². The van der Waals surface area contributed by atoms with E-state index in [9.17, 15) is 0 Å². The summed E-state index contributed by atoms with van der Waals surface area (Å²) in [4.78, 5) is 7.16. The van der Waals surface area contributed by atoms with Crippen LogP contribution in [0.3, 0.4) is 0 Å². The van der Waals surface area contributed by atoms with Gasteiger partial charge in [0.05, 0.1) is 5.69 Å². The van der Waals surface area contributed by atoms with E-state index in [4.69, 9.17) is 4.98 Å². The van der Waals surface area contributed by atoms with E-state index in [-0.39, 0.29) is 0 Å². The molecule has 2 heteroatoms. The number of anilines is 3. The zero-order valence-electron chi connectivity index (χ0n) is 29.0. The Hall–Kier alpha value is -7.03. The second-order valence-electron chi connectivity index (χ2n) is 13.5. The van der Waals surface area contributed by atoms with Crippen molar-refractivity contribution in [1.29, 1.82) is 0 Å². The monoisotopic (exact) mass is 674 g/mol. The highest BCUT2D eigenvalue weighted by atomic mass is 15.2. The number of hydrogen-bond donors (Lipinski definition) is 0. The van der Waals surface area contributed by atoms with Crippen LogP contribution in [0.1, 0.15) is 0 Å². The average molecular weight is 675 g/mol. The van der Waals surface area contributed by atoms with E-state index in [0.717, 1.165) is 17.2 Å². The van der Waals surface area contributed by atoms with Crippen LogP contribution in [-0.4, -0.2) is 4.98 Å². The van der Waals surface area contributed by atoms with Crippen molar-refractivity contribution in [2.75, 3.05) is 4.90 Å². The molecular weight excluding hydrogens is 641 g/mol. The number of rotatable bonds is 6. The molecule has 0 aliphatic heterocycles. The summed E-state index contributed by atoms with van der Waals surface area (Å²) < 4.78 is 0. The smallest absolute Gasteiger partial charge is 0.137 e. The van der Waals surface area contributed by atoms with Gasteiger partial charge in [0.1, 0.15) is 5.82 Å². The lowest BCUT2D eigenvalue weighted by molar-refractivity contribution is 1.19. The van der Waals surface area contributed by atoms with E-state index >= 15 is 0 Å². The summed E-state index contributed by atoms with van der Waals surface area (Å²) in [5, 5.41) is 9.82. The third-order valence-electron chi connectivity index (χ3n) is 10.5. The van der Waals surface area contributed by atoms with Gasteiger partial charge in [-0.1, -0.05) is 164 Å². The summed E-state index contributed by atoms with van der Waals surface area (Å²) in [6.07, 6.45) is 1.87. The topological polar surface area (TPSA) is 16.1 Å². The van der Waals surface area contributed by atoms with Crippen molar-refractivity contribution in [3.05, 3.63) is 206 Å². The van der Waals surface area contributed by atoms with Crippen molar-refractivity contribution in [1.82, 2.24) is 4.98 Å². The molecule has 0 unspecified atom stereocenters. The van der Waals surface area contributed by atoms with Gasteiger partial charge in [0.25, 0.3) is 0 Å². The van der Waals surface area contributed by atoms with Crippen LogP contribution in [0.15, 0.2) is 206 Å². The van der Waals surface area contributed by atoms with Gasteiger partial charge in [0.15, 0.2) is 0 Å². The Morgan fingerprint density at radius 1 is 0.321 bits per heavy atom. The molecule has 10 aromatic rings. The molecule has 0 bridgehead atoms. The van der Waals surface area contributed by atoms with Crippen molar-refractivity contribution in [3.63, 3.8) is 0 Å². The Kier molecular flexibility index (Phi) is 7.51. The first-order valence-electron chi connectivity index (χ1n) is 18.1. The molecule has 0 N–H and O–H groups in total. The highest BCUT2D eigenvalue weighted by Crippen LogP contribution is 2.46. The predicted octanol–water partition coefficient (Wildman–Crippen LogP) is 14.2. The van der Waals surface area contributed by atoms with Crippen LogP contribution in [0, 0.1) is 0 Å². The van der Waals surface area contributed by atoms with Crippen molar-refractivity contribution in [2.24, 2.45) is 0 Å². The first-order valence-corrected chi connectivity index (χ1v) is 18.1. The fraction of sp³-hybridized carbons (Fsp3) is 0. The lowest BCUT2D eigenvalue weighted by atomic mass is 9.85. The third-order valence-corrected chi connectivity index (χ3v) is 10.5. The standard InChI is InChI=1S/C51H34N2/c1-2-15-35(16-3-1)37-18-14-19-39(33-37)51-46-25-10-8-23-44(46)50(45-24-9-11-26-47(45)51)36-28-30-40(31-29-36)53(49-27-12-13-32-52-49)48-34-38-17-4-5-20-41(38)42-21-6-7-22-43(42)48/h1-34H. The molecule has 9 aromatic carbocycles. The van der Waals surface area contributed by atoms with Gasteiger partial charge in [-0.15, -0.1) is 0 Å². The molecule has 0 atom stereocenters. The molecule has 53 heavy (non-hydrogen) atoms. The summed E-state index contributed by atoms with van der Waals surface area (Å²) in [6, 6.07) is 72.1. The highest BCUT2D eigenvalue weighted by molar-refractivity contribution is 6.21. The molecule has 248 valence electrons. The minimum absolute atomic E-state index is 0.874. The Bertz CT molecular complexity index is 2870. The Morgan fingerprint density at radius 3 is 1.51 bits per heavy atom. The molecule has 2 nitrogen and oxygen atoms in total. The number of aromatic nitrogens is 1. The molecule has 0 aliphatic carbocycles. The quantitative estimate of drug-likeness (QED) is 0.129. The molecule has 0 radical (unpaired) electrons. The summed E-state index contributed by atoms with van der Waals surface area (Å²) in [6.45, 7) is 0. The first-order chi connectivity index (χ1) is 26.3. The van der Waals surface area contributed by atoms with E-state index in [1.54, 1.807) is 0 Å². The molecule has 0 saturated heterocycles. The van der Waals surface area contributed by atoms with Crippen LogP contribution in [0.4, 0.5) is 17.2 Å². The number of fused-ring (bicyclic) bond motifs is 5. The van der Waals surface area contributed by atoms with Gasteiger partial charge in [-0.2, -0.15) is 0 Å². The van der Waals surface area contributed by atoms with Crippen LogP contribution in [-0.2, 0) is 0 Å². The molecule has 1 aromatic heterocycles. The minimum Gasteiger partial charge on any atom is -0.294 e. The van der Waals surface area contributed by atoms with Crippen molar-refractivity contribution >= 4 is 60.3 Å². The van der Waals surface area contributed by atoms with Crippen LogP contribution in [0.25, 0.3) is 76.5 Å². The SMILES string of the molecule is c1ccc(-c2cccc(-c3c4ccccc4c(-c4ccc(N(c5ccccn5)c5cc6ccccc6c6ccccc56)cc4)c4ccccc34)c2)cc1. The molecule has 10 rings (SSSR count). The Labute approximate surface area is 308 Å². The van der Waals surface area contributed by atoms with Gasteiger partial charge in [-0.05, 0) is 107 Å². The summed E-state index contributed by atoms with van der Waals surface area (Å²) >= 11 is 0. The van der Waals surface area contributed by atoms with Crippen LogP contribution < -0.4 is 4.90 Å². The molecule has 0 aliphatic rings. The zero-order chi connectivity index (χ0) is 35.1. The van der Waals surface area contributed by atoms with Gasteiger partial charge in [-0.3, -0.25) is 4.90 Å². The average Bonchev–Trinajstić information content (AvgIpc) is 3.24. The number of nitrogens with zero attached hydrogens (tertiary/aromatic N) is 2.